The van der Waals surface area contributed by atoms with Crippen molar-refractivity contribution in [1.29, 1.82) is 0 Å². The predicted molar refractivity (Wildman–Crippen MR) is 190 cm³/mol. The van der Waals surface area contributed by atoms with Crippen LogP contribution in [-0.4, -0.2) is 33.7 Å². The van der Waals surface area contributed by atoms with Gasteiger partial charge in [-0.3, -0.25) is 14.9 Å². The SMILES string of the molecule is C=C/C=C(\C=C/C)CCC(O)\N=C/C=C(N)/C(C)=C/C(=C(/N)C(C)C(N)=O)c1c(C)ccc2[nH]ncc12.CCC.CCCC. The number of nitrogens with zero attached hydrogens (tertiary/aromatic N) is 2. The van der Waals surface area contributed by atoms with Gasteiger partial charge in [0.05, 0.1) is 17.6 Å². The molecule has 1 aromatic carbocycles. The van der Waals surface area contributed by atoms with Gasteiger partial charge in [-0.15, -0.1) is 0 Å². The largest absolute Gasteiger partial charge is 0.401 e. The summed E-state index contributed by atoms with van der Waals surface area (Å²) in [6, 6.07) is 3.90. The zero-order chi connectivity index (χ0) is 33.7. The first-order valence-corrected chi connectivity index (χ1v) is 15.4. The van der Waals surface area contributed by atoms with E-state index in [-0.39, 0.29) is 0 Å². The maximum Gasteiger partial charge on any atom is 0.226 e. The summed E-state index contributed by atoms with van der Waals surface area (Å²) in [7, 11) is 0. The number of aromatic amines is 1. The van der Waals surface area contributed by atoms with E-state index in [4.69, 9.17) is 17.2 Å². The average Bonchev–Trinajstić information content (AvgIpc) is 3.47. The fourth-order valence-electron chi connectivity index (χ4n) is 3.78. The van der Waals surface area contributed by atoms with E-state index < -0.39 is 18.1 Å². The number of aliphatic hydroxyl groups is 1. The number of primary amides is 1. The van der Waals surface area contributed by atoms with Crippen LogP contribution in [0.4, 0.5) is 0 Å². The highest BCUT2D eigenvalue weighted by molar-refractivity contribution is 5.98. The van der Waals surface area contributed by atoms with Gasteiger partial charge in [-0.05, 0) is 81.0 Å². The first kappa shape index (κ1) is 39.8. The molecule has 0 bridgehead atoms. The Morgan fingerprint density at radius 3 is 2.32 bits per heavy atom. The van der Waals surface area contributed by atoms with Crippen LogP contribution in [-0.2, 0) is 4.79 Å². The maximum atomic E-state index is 11.9. The van der Waals surface area contributed by atoms with Crippen molar-refractivity contribution in [3.8, 4) is 0 Å². The van der Waals surface area contributed by atoms with Crippen LogP contribution in [0.3, 0.4) is 0 Å². The molecular weight excluding hydrogens is 548 g/mol. The smallest absolute Gasteiger partial charge is 0.226 e. The van der Waals surface area contributed by atoms with Crippen LogP contribution in [0.25, 0.3) is 16.5 Å². The van der Waals surface area contributed by atoms with E-state index in [1.807, 2.05) is 57.2 Å². The molecule has 2 unspecified atom stereocenters. The van der Waals surface area contributed by atoms with Gasteiger partial charge in [-0.1, -0.05) is 83.9 Å². The summed E-state index contributed by atoms with van der Waals surface area (Å²) in [5.74, 6) is -1.21. The van der Waals surface area contributed by atoms with Crippen LogP contribution in [0.5, 0.6) is 0 Å². The van der Waals surface area contributed by atoms with Gasteiger partial charge in [0, 0.05) is 28.6 Å². The quantitative estimate of drug-likeness (QED) is 0.118. The molecule has 2 rings (SSSR count). The van der Waals surface area contributed by atoms with Crippen LogP contribution in [0.1, 0.15) is 91.7 Å². The van der Waals surface area contributed by atoms with Crippen LogP contribution >= 0.6 is 0 Å². The molecule has 0 saturated carbocycles. The molecule has 0 aliphatic rings. The molecule has 0 aliphatic carbocycles. The summed E-state index contributed by atoms with van der Waals surface area (Å²) in [5.41, 5.74) is 24.2. The lowest BCUT2D eigenvalue weighted by molar-refractivity contribution is -0.120. The minimum Gasteiger partial charge on any atom is -0.401 e. The standard InChI is InChI=1S/C29H38N6O2.C4H10.C3H8/c1-6-8-21(9-7-2)11-13-26(36)33-15-14-24(30)19(4)16-22(28(31)20(5)29(32)37)27-18(3)10-12-25-23(27)17-34-35-25;1-3-4-2;1-3-2/h6-10,12,14-17,20,26,36H,1,11,13,30-31H2,2-5H3,(H2,32,37)(H,34,35);3-4H2,1-2H3;3H2,1-2H3/b9-7-,19-16+,21-8+,24-14-,28-22-,33-15-;;. The number of amides is 1. The summed E-state index contributed by atoms with van der Waals surface area (Å²) in [6.45, 7) is 19.7. The first-order valence-electron chi connectivity index (χ1n) is 15.4. The van der Waals surface area contributed by atoms with E-state index >= 15 is 0 Å². The second kappa shape index (κ2) is 22.4. The lowest BCUT2D eigenvalue weighted by atomic mass is 9.90. The summed E-state index contributed by atoms with van der Waals surface area (Å²) in [5, 5.41) is 18.2. The Bertz CT molecular complexity index is 1360. The van der Waals surface area contributed by atoms with Crippen LogP contribution in [0, 0.1) is 12.8 Å². The number of nitrogens with two attached hydrogens (primary N) is 3. The zero-order valence-electron chi connectivity index (χ0n) is 28.2. The molecule has 0 spiro atoms. The predicted octanol–water partition coefficient (Wildman–Crippen LogP) is 7.53. The Kier molecular flexibility index (Phi) is 20.3. The number of aliphatic imine (C=N–C) groups is 1. The topological polar surface area (TPSA) is 156 Å². The maximum absolute atomic E-state index is 11.9. The molecule has 2 atom stereocenters. The molecule has 0 fully saturated rings. The zero-order valence-corrected chi connectivity index (χ0v) is 28.2. The number of fused-ring (bicyclic) bond motifs is 1. The Morgan fingerprint density at radius 1 is 1.14 bits per heavy atom. The van der Waals surface area contributed by atoms with E-state index in [9.17, 15) is 9.90 Å². The number of aryl methyl sites for hydroxylation is 1. The molecule has 44 heavy (non-hydrogen) atoms. The van der Waals surface area contributed by atoms with Crippen molar-refractivity contribution in [2.45, 2.75) is 93.7 Å². The van der Waals surface area contributed by atoms with E-state index in [1.54, 1.807) is 25.3 Å². The highest BCUT2D eigenvalue weighted by Gasteiger charge is 2.20. The molecule has 8 heteroatoms. The normalized spacial score (nSPS) is 14.4. The number of rotatable bonds is 13. The molecule has 242 valence electrons. The number of carbonyl (C=O) groups is 1. The molecule has 2 aromatic rings. The fraction of sp³-hybridized carbons (Fsp3) is 0.417. The number of hydrogen-bond acceptors (Lipinski definition) is 6. The number of aliphatic hydroxyl groups excluding tert-OH is 1. The number of unbranched alkanes of at least 4 members (excludes halogenated alkanes) is 1. The second-order valence-corrected chi connectivity index (χ2v) is 10.5. The van der Waals surface area contributed by atoms with Gasteiger partial charge in [-0.2, -0.15) is 5.10 Å². The summed E-state index contributed by atoms with van der Waals surface area (Å²) in [6.07, 6.45) is 18.4. The Balaban J connectivity index is 0.00000239. The molecule has 1 amide bonds. The van der Waals surface area contributed by atoms with Gasteiger partial charge in [0.1, 0.15) is 6.23 Å². The van der Waals surface area contributed by atoms with Crippen molar-refractivity contribution in [1.82, 2.24) is 10.2 Å². The van der Waals surface area contributed by atoms with Crippen LogP contribution in [0.15, 0.2) is 88.9 Å². The van der Waals surface area contributed by atoms with E-state index in [0.29, 0.717) is 35.4 Å². The van der Waals surface area contributed by atoms with Gasteiger partial charge in [0.25, 0.3) is 0 Å². The van der Waals surface area contributed by atoms with Crippen molar-refractivity contribution >= 4 is 28.6 Å². The van der Waals surface area contributed by atoms with E-state index in [1.165, 1.54) is 25.5 Å². The molecule has 1 aromatic heterocycles. The van der Waals surface area contributed by atoms with Gasteiger partial charge in [-0.25, -0.2) is 0 Å². The van der Waals surface area contributed by atoms with E-state index in [2.05, 4.69) is 49.5 Å². The second-order valence-electron chi connectivity index (χ2n) is 10.5. The van der Waals surface area contributed by atoms with Crippen molar-refractivity contribution in [2.75, 3.05) is 0 Å². The number of aromatic nitrogens is 2. The number of H-pyrrole nitrogens is 1. The monoisotopic (exact) mass is 604 g/mol. The molecule has 1 heterocycles. The lowest BCUT2D eigenvalue weighted by Crippen LogP contribution is -2.26. The third-order valence-corrected chi connectivity index (χ3v) is 6.54. The summed E-state index contributed by atoms with van der Waals surface area (Å²) in [4.78, 5) is 16.1. The van der Waals surface area contributed by atoms with Crippen molar-refractivity contribution in [3.05, 3.63) is 95.0 Å². The summed E-state index contributed by atoms with van der Waals surface area (Å²) < 4.78 is 0. The van der Waals surface area contributed by atoms with Crippen LogP contribution < -0.4 is 17.2 Å². The number of carbonyl (C=O) groups excluding carboxylic acids is 1. The van der Waals surface area contributed by atoms with Gasteiger partial charge in [0.15, 0.2) is 0 Å². The Labute approximate surface area is 265 Å². The average molecular weight is 605 g/mol. The minimum absolute atomic E-state index is 0.338. The van der Waals surface area contributed by atoms with Crippen LogP contribution in [0.2, 0.25) is 0 Å². The third-order valence-electron chi connectivity index (χ3n) is 6.54. The molecular formula is C36H56N6O2. The fourth-order valence-corrected chi connectivity index (χ4v) is 3.78. The first-order chi connectivity index (χ1) is 20.9. The van der Waals surface area contributed by atoms with Gasteiger partial charge in [0.2, 0.25) is 5.91 Å². The van der Waals surface area contributed by atoms with Gasteiger partial charge >= 0.3 is 0 Å². The lowest BCUT2D eigenvalue weighted by Gasteiger charge is -2.17. The highest BCUT2D eigenvalue weighted by atomic mass is 16.3. The van der Waals surface area contributed by atoms with Gasteiger partial charge < -0.3 is 22.3 Å². The molecule has 8 nitrogen and oxygen atoms in total. The Hall–Kier alpha value is -4.17. The van der Waals surface area contributed by atoms with Crippen molar-refractivity contribution in [3.63, 3.8) is 0 Å². The van der Waals surface area contributed by atoms with E-state index in [0.717, 1.165) is 27.6 Å². The molecule has 0 saturated heterocycles. The van der Waals surface area contributed by atoms with Crippen molar-refractivity contribution in [2.24, 2.45) is 28.1 Å². The summed E-state index contributed by atoms with van der Waals surface area (Å²) >= 11 is 0. The third kappa shape index (κ3) is 13.9. The minimum atomic E-state index is -0.865. The number of hydrogen-bond donors (Lipinski definition) is 5. The number of benzene rings is 1. The molecule has 0 aliphatic heterocycles. The molecule has 8 N–H and O–H groups in total. The highest BCUT2D eigenvalue weighted by Crippen LogP contribution is 2.32. The Morgan fingerprint density at radius 2 is 1.77 bits per heavy atom. The number of nitrogens with one attached hydrogen (secondary N) is 1. The van der Waals surface area contributed by atoms with Crippen molar-refractivity contribution < 1.29 is 9.90 Å². The number of allylic oxidation sites excluding steroid dienone is 9. The molecule has 0 radical (unpaired) electrons.